The van der Waals surface area contributed by atoms with Crippen molar-refractivity contribution in [2.24, 2.45) is 0 Å². The van der Waals surface area contributed by atoms with Gasteiger partial charge in [0, 0.05) is 42.0 Å². The van der Waals surface area contributed by atoms with E-state index in [1.54, 1.807) is 12.1 Å². The molecule has 41 heavy (non-hydrogen) atoms. The fourth-order valence-corrected chi connectivity index (χ4v) is 7.10. The Morgan fingerprint density at radius 3 is 1.32 bits per heavy atom. The monoisotopic (exact) mass is 770 g/mol. The minimum atomic E-state index is -1.13. The molecule has 0 saturated carbocycles. The maximum Gasteiger partial charge on any atom is 0.328 e. The quantitative estimate of drug-likeness (QED) is 0.174. The molecule has 208 valence electrons. The van der Waals surface area contributed by atoms with Crippen LogP contribution in [0.25, 0.3) is 34.4 Å². The molecule has 4 rings (SSSR count). The highest BCUT2D eigenvalue weighted by molar-refractivity contribution is 9.11. The van der Waals surface area contributed by atoms with Crippen LogP contribution in [0.1, 0.15) is 11.1 Å². The minimum Gasteiger partial charge on any atom is -0.478 e. The SMILES string of the molecule is O=C(O)/C=C/c1c(-c2ccccc2Br)cc(Sc2cc(-c3ccccc3Br)c(/C=C/C(=O)O)c(Cl)c2Cl)c(Cl)c1Cl. The average Bonchev–Trinajstić information content (AvgIpc) is 2.93. The van der Waals surface area contributed by atoms with E-state index in [-0.39, 0.29) is 20.1 Å². The predicted molar refractivity (Wildman–Crippen MR) is 177 cm³/mol. The number of hydrogen-bond donors (Lipinski definition) is 2. The van der Waals surface area contributed by atoms with Gasteiger partial charge in [-0.05, 0) is 58.7 Å². The first-order chi connectivity index (χ1) is 19.5. The molecule has 0 fully saturated rings. The van der Waals surface area contributed by atoms with Gasteiger partial charge in [-0.3, -0.25) is 0 Å². The van der Waals surface area contributed by atoms with Crippen LogP contribution in [0.2, 0.25) is 20.1 Å². The zero-order chi connectivity index (χ0) is 29.8. The molecule has 0 spiro atoms. The molecular weight excluding hydrogens is 758 g/mol. The number of halogens is 6. The second kappa shape index (κ2) is 13.8. The molecule has 0 saturated heterocycles. The molecule has 0 aliphatic rings. The van der Waals surface area contributed by atoms with Crippen LogP contribution in [0.3, 0.4) is 0 Å². The Kier molecular flexibility index (Phi) is 10.7. The van der Waals surface area contributed by atoms with Crippen LogP contribution in [0.4, 0.5) is 0 Å². The summed E-state index contributed by atoms with van der Waals surface area (Å²) < 4.78 is 1.54. The Labute approximate surface area is 276 Å². The third-order valence-corrected chi connectivity index (χ3v) is 10.2. The van der Waals surface area contributed by atoms with Crippen molar-refractivity contribution in [1.29, 1.82) is 0 Å². The Balaban J connectivity index is 1.96. The number of benzene rings is 4. The Morgan fingerprint density at radius 1 is 0.610 bits per heavy atom. The summed E-state index contributed by atoms with van der Waals surface area (Å²) in [4.78, 5) is 23.7. The van der Waals surface area contributed by atoms with Crippen LogP contribution in [-0.4, -0.2) is 22.2 Å². The Morgan fingerprint density at radius 2 is 0.976 bits per heavy atom. The van der Waals surface area contributed by atoms with E-state index in [4.69, 9.17) is 46.4 Å². The second-order valence-electron chi connectivity index (χ2n) is 8.33. The van der Waals surface area contributed by atoms with Gasteiger partial charge in [-0.15, -0.1) is 0 Å². The second-order valence-corrected chi connectivity index (χ2v) is 12.6. The lowest BCUT2D eigenvalue weighted by molar-refractivity contribution is -0.132. The first kappa shape index (κ1) is 31.7. The van der Waals surface area contributed by atoms with Crippen LogP contribution in [0.15, 0.2) is 91.6 Å². The minimum absolute atomic E-state index is 0.161. The van der Waals surface area contributed by atoms with Gasteiger partial charge in [0.05, 0.1) is 20.1 Å². The molecule has 4 aromatic rings. The van der Waals surface area contributed by atoms with Gasteiger partial charge < -0.3 is 10.2 Å². The molecule has 0 unspecified atom stereocenters. The maximum atomic E-state index is 11.3. The first-order valence-corrected chi connectivity index (χ1v) is 15.4. The lowest BCUT2D eigenvalue weighted by Gasteiger charge is -2.18. The van der Waals surface area contributed by atoms with E-state index < -0.39 is 11.9 Å². The smallest absolute Gasteiger partial charge is 0.328 e. The van der Waals surface area contributed by atoms with Crippen LogP contribution in [0, 0.1) is 0 Å². The summed E-state index contributed by atoms with van der Waals surface area (Å²) in [6.45, 7) is 0. The third-order valence-electron chi connectivity index (χ3n) is 5.76. The summed E-state index contributed by atoms with van der Waals surface area (Å²) >= 11 is 35.3. The maximum absolute atomic E-state index is 11.3. The van der Waals surface area contributed by atoms with Crippen LogP contribution >= 0.6 is 90.0 Å². The molecule has 11 heteroatoms. The van der Waals surface area contributed by atoms with Crippen molar-refractivity contribution in [2.45, 2.75) is 9.79 Å². The van der Waals surface area contributed by atoms with Gasteiger partial charge in [0.15, 0.2) is 0 Å². The van der Waals surface area contributed by atoms with Gasteiger partial charge in [-0.1, -0.05) is 126 Å². The highest BCUT2D eigenvalue weighted by Crippen LogP contribution is 2.49. The van der Waals surface area contributed by atoms with E-state index in [2.05, 4.69) is 31.9 Å². The zero-order valence-corrected chi connectivity index (χ0v) is 27.5. The van der Waals surface area contributed by atoms with E-state index in [1.165, 1.54) is 23.9 Å². The summed E-state index contributed by atoms with van der Waals surface area (Å²) in [6.07, 6.45) is 4.79. The standard InChI is InChI=1S/C30H16Br2Cl4O4S/c31-21-7-3-1-5-15(21)19-13-23(29(35)27(33)17(19)9-11-25(37)38)41-24-14-20(16-6-2-4-8-22(16)32)18(10-12-26(39)40)28(34)30(24)36/h1-14H,(H,37,38)(H,39,40)/b11-9+,12-10+. The fraction of sp³-hybridized carbons (Fsp3) is 0. The number of carboxylic acid groups (broad SMARTS) is 2. The van der Waals surface area contributed by atoms with E-state index in [0.717, 1.165) is 32.2 Å². The van der Waals surface area contributed by atoms with E-state index in [9.17, 15) is 19.8 Å². The van der Waals surface area contributed by atoms with Crippen LogP contribution < -0.4 is 0 Å². The van der Waals surface area contributed by atoms with Gasteiger partial charge in [0.1, 0.15) is 0 Å². The van der Waals surface area contributed by atoms with Gasteiger partial charge >= 0.3 is 11.9 Å². The average molecular weight is 774 g/mol. The summed E-state index contributed by atoms with van der Waals surface area (Å²) in [6, 6.07) is 18.5. The van der Waals surface area contributed by atoms with Crippen molar-refractivity contribution in [3.05, 3.63) is 113 Å². The lowest BCUT2D eigenvalue weighted by atomic mass is 9.99. The van der Waals surface area contributed by atoms with Crippen molar-refractivity contribution < 1.29 is 19.8 Å². The molecule has 0 bridgehead atoms. The number of hydrogen-bond acceptors (Lipinski definition) is 3. The van der Waals surface area contributed by atoms with E-state index in [0.29, 0.717) is 32.0 Å². The van der Waals surface area contributed by atoms with Gasteiger partial charge in [-0.2, -0.15) is 0 Å². The van der Waals surface area contributed by atoms with Crippen LogP contribution in [0.5, 0.6) is 0 Å². The van der Waals surface area contributed by atoms with Crippen molar-refractivity contribution in [3.63, 3.8) is 0 Å². The Bertz CT molecular complexity index is 1630. The molecule has 4 nitrogen and oxygen atoms in total. The number of aliphatic carboxylic acids is 2. The normalized spacial score (nSPS) is 11.5. The lowest BCUT2D eigenvalue weighted by Crippen LogP contribution is -1.94. The van der Waals surface area contributed by atoms with Crippen LogP contribution in [-0.2, 0) is 9.59 Å². The Hall–Kier alpha value is -2.23. The highest BCUT2D eigenvalue weighted by Gasteiger charge is 2.22. The zero-order valence-electron chi connectivity index (χ0n) is 20.5. The number of carbonyl (C=O) groups is 2. The van der Waals surface area contributed by atoms with Gasteiger partial charge in [0.25, 0.3) is 0 Å². The number of carboxylic acids is 2. The summed E-state index contributed by atoms with van der Waals surface area (Å²) in [5, 5.41) is 19.2. The highest BCUT2D eigenvalue weighted by atomic mass is 79.9. The fourth-order valence-electron chi connectivity index (χ4n) is 3.94. The van der Waals surface area contributed by atoms with Gasteiger partial charge in [-0.25, -0.2) is 9.59 Å². The molecular formula is C30H16Br2Cl4O4S. The van der Waals surface area contributed by atoms with Crippen molar-refractivity contribution in [3.8, 4) is 22.3 Å². The molecule has 0 heterocycles. The molecule has 0 aliphatic carbocycles. The molecule has 0 radical (unpaired) electrons. The summed E-state index contributed by atoms with van der Waals surface area (Å²) in [5.74, 6) is -2.27. The topological polar surface area (TPSA) is 74.6 Å². The summed E-state index contributed by atoms with van der Waals surface area (Å²) in [5.41, 5.74) is 3.68. The summed E-state index contributed by atoms with van der Waals surface area (Å²) in [7, 11) is 0. The van der Waals surface area contributed by atoms with Crippen molar-refractivity contribution in [1.82, 2.24) is 0 Å². The molecule has 2 N–H and O–H groups in total. The predicted octanol–water partition coefficient (Wildman–Crippen LogP) is 11.5. The third kappa shape index (κ3) is 7.23. The van der Waals surface area contributed by atoms with Crippen molar-refractivity contribution >= 4 is 114 Å². The molecule has 0 atom stereocenters. The molecule has 4 aromatic carbocycles. The molecule has 0 aliphatic heterocycles. The van der Waals surface area contributed by atoms with E-state index >= 15 is 0 Å². The van der Waals surface area contributed by atoms with Gasteiger partial charge in [0.2, 0.25) is 0 Å². The van der Waals surface area contributed by atoms with Crippen molar-refractivity contribution in [2.75, 3.05) is 0 Å². The first-order valence-electron chi connectivity index (χ1n) is 11.5. The largest absolute Gasteiger partial charge is 0.478 e. The van der Waals surface area contributed by atoms with E-state index in [1.807, 2.05) is 48.5 Å². The molecule has 0 amide bonds. The number of rotatable bonds is 8. The molecule has 0 aromatic heterocycles.